The minimum atomic E-state index is -1.02. The van der Waals surface area contributed by atoms with Gasteiger partial charge in [-0.2, -0.15) is 5.10 Å². The van der Waals surface area contributed by atoms with Crippen LogP contribution in [-0.4, -0.2) is 31.7 Å². The smallest absolute Gasteiger partial charge is 0.0904 e. The number of halogens is 1. The van der Waals surface area contributed by atoms with Gasteiger partial charge in [-0.25, -0.2) is 0 Å². The second-order valence-corrected chi connectivity index (χ2v) is 5.29. The number of aryl methyl sites for hydroxylation is 2. The molecule has 1 aromatic heterocycles. The Labute approximate surface area is 111 Å². The molecule has 0 amide bonds. The van der Waals surface area contributed by atoms with Crippen molar-refractivity contribution in [3.8, 4) is 0 Å². The Bertz CT molecular complexity index is 386. The molecule has 0 radical (unpaired) electrons. The number of aliphatic hydroxyl groups excluding tert-OH is 1. The van der Waals surface area contributed by atoms with Crippen molar-refractivity contribution in [2.45, 2.75) is 51.7 Å². The third-order valence-corrected chi connectivity index (χ3v) is 4.52. The summed E-state index contributed by atoms with van der Waals surface area (Å²) < 4.78 is 2.66. The quantitative estimate of drug-likeness (QED) is 0.874. The minimum absolute atomic E-state index is 0.399. The molecule has 1 rings (SSSR count). The summed E-state index contributed by atoms with van der Waals surface area (Å²) in [5, 5.41) is 24.7. The highest BCUT2D eigenvalue weighted by atomic mass is 79.9. The first kappa shape index (κ1) is 14.7. The predicted octanol–water partition coefficient (Wildman–Crippen LogP) is 1.95. The fourth-order valence-electron chi connectivity index (χ4n) is 2.00. The summed E-state index contributed by atoms with van der Waals surface area (Å²) >= 11 is 3.46. The normalized spacial score (nSPS) is 14.1. The molecule has 0 aromatic carbocycles. The Hall–Kier alpha value is -0.390. The van der Waals surface area contributed by atoms with E-state index in [0.717, 1.165) is 15.9 Å². The van der Waals surface area contributed by atoms with Crippen molar-refractivity contribution in [1.82, 2.24) is 9.78 Å². The third-order valence-electron chi connectivity index (χ3n) is 3.49. The molecular formula is C12H21BrN2O2. The van der Waals surface area contributed by atoms with Gasteiger partial charge in [0.1, 0.15) is 0 Å². The molecule has 1 atom stereocenters. The first-order valence-electron chi connectivity index (χ1n) is 5.94. The maximum absolute atomic E-state index is 10.3. The van der Waals surface area contributed by atoms with Crippen LogP contribution < -0.4 is 0 Å². The lowest BCUT2D eigenvalue weighted by Gasteiger charge is -2.31. The summed E-state index contributed by atoms with van der Waals surface area (Å²) in [5.74, 6) is 0. The van der Waals surface area contributed by atoms with Crippen LogP contribution in [0, 0.1) is 6.92 Å². The van der Waals surface area contributed by atoms with Crippen LogP contribution in [0.1, 0.15) is 38.1 Å². The average molecular weight is 305 g/mol. The van der Waals surface area contributed by atoms with Crippen LogP contribution in [0.4, 0.5) is 0 Å². The van der Waals surface area contributed by atoms with E-state index in [9.17, 15) is 10.2 Å². The molecule has 1 unspecified atom stereocenters. The van der Waals surface area contributed by atoms with E-state index >= 15 is 0 Å². The lowest BCUT2D eigenvalue weighted by Crippen LogP contribution is -2.42. The average Bonchev–Trinajstić information content (AvgIpc) is 2.54. The van der Waals surface area contributed by atoms with Crippen LogP contribution in [-0.2, 0) is 13.5 Å². The molecule has 98 valence electrons. The second kappa shape index (κ2) is 5.50. The molecule has 0 aliphatic carbocycles. The molecule has 0 fully saturated rings. The van der Waals surface area contributed by atoms with Gasteiger partial charge in [-0.3, -0.25) is 4.68 Å². The molecular weight excluding hydrogens is 284 g/mol. The van der Waals surface area contributed by atoms with Gasteiger partial charge in [-0.15, -0.1) is 0 Å². The summed E-state index contributed by atoms with van der Waals surface area (Å²) in [6, 6.07) is 0. The van der Waals surface area contributed by atoms with Crippen molar-refractivity contribution in [2.24, 2.45) is 7.05 Å². The van der Waals surface area contributed by atoms with Crippen LogP contribution >= 0.6 is 15.9 Å². The first-order chi connectivity index (χ1) is 7.85. The predicted molar refractivity (Wildman–Crippen MR) is 70.9 cm³/mol. The van der Waals surface area contributed by atoms with Gasteiger partial charge in [0.25, 0.3) is 0 Å². The van der Waals surface area contributed by atoms with Crippen molar-refractivity contribution in [3.63, 3.8) is 0 Å². The summed E-state index contributed by atoms with van der Waals surface area (Å²) in [7, 11) is 1.84. The number of nitrogens with zero attached hydrogens (tertiary/aromatic N) is 2. The Morgan fingerprint density at radius 3 is 2.29 bits per heavy atom. The monoisotopic (exact) mass is 304 g/mol. The fraction of sp³-hybridized carbons (Fsp3) is 0.750. The van der Waals surface area contributed by atoms with Gasteiger partial charge in [0.05, 0.1) is 27.6 Å². The number of aromatic nitrogens is 2. The zero-order chi connectivity index (χ0) is 13.2. The second-order valence-electron chi connectivity index (χ2n) is 4.50. The van der Waals surface area contributed by atoms with E-state index in [1.165, 1.54) is 0 Å². The highest BCUT2D eigenvalue weighted by Crippen LogP contribution is 2.27. The number of rotatable bonds is 5. The third kappa shape index (κ3) is 2.89. The summed E-state index contributed by atoms with van der Waals surface area (Å²) in [4.78, 5) is 0. The molecule has 17 heavy (non-hydrogen) atoms. The van der Waals surface area contributed by atoms with Gasteiger partial charge >= 0.3 is 0 Å². The van der Waals surface area contributed by atoms with Crippen LogP contribution in [0.2, 0.25) is 0 Å². The largest absolute Gasteiger partial charge is 0.390 e. The number of hydrogen-bond donors (Lipinski definition) is 2. The molecule has 0 bridgehead atoms. The van der Waals surface area contributed by atoms with E-state index in [2.05, 4.69) is 21.0 Å². The molecule has 0 aliphatic rings. The Kier molecular flexibility index (Phi) is 4.75. The van der Waals surface area contributed by atoms with Crippen LogP contribution in [0.15, 0.2) is 4.47 Å². The fourth-order valence-corrected chi connectivity index (χ4v) is 2.49. The summed E-state index contributed by atoms with van der Waals surface area (Å²) in [5.41, 5.74) is 0.791. The van der Waals surface area contributed by atoms with E-state index in [4.69, 9.17) is 0 Å². The van der Waals surface area contributed by atoms with E-state index in [1.807, 2.05) is 27.8 Å². The van der Waals surface area contributed by atoms with Crippen molar-refractivity contribution >= 4 is 15.9 Å². The van der Waals surface area contributed by atoms with E-state index in [-0.39, 0.29) is 0 Å². The van der Waals surface area contributed by atoms with Crippen molar-refractivity contribution in [1.29, 1.82) is 0 Å². The Morgan fingerprint density at radius 2 is 1.94 bits per heavy atom. The van der Waals surface area contributed by atoms with Crippen molar-refractivity contribution in [2.75, 3.05) is 0 Å². The van der Waals surface area contributed by atoms with Gasteiger partial charge < -0.3 is 10.2 Å². The zero-order valence-corrected chi connectivity index (χ0v) is 12.5. The summed E-state index contributed by atoms with van der Waals surface area (Å²) in [6.45, 7) is 5.68. The maximum atomic E-state index is 10.3. The zero-order valence-electron chi connectivity index (χ0n) is 10.9. The minimum Gasteiger partial charge on any atom is -0.390 e. The molecule has 2 N–H and O–H groups in total. The summed E-state index contributed by atoms with van der Waals surface area (Å²) in [6.07, 6.45) is 0.706. The molecule has 0 spiro atoms. The highest BCUT2D eigenvalue weighted by molar-refractivity contribution is 9.10. The van der Waals surface area contributed by atoms with Gasteiger partial charge in [0, 0.05) is 13.5 Å². The van der Waals surface area contributed by atoms with Gasteiger partial charge in [0.15, 0.2) is 0 Å². The highest BCUT2D eigenvalue weighted by Gasteiger charge is 2.33. The molecule has 4 nitrogen and oxygen atoms in total. The molecule has 1 heterocycles. The van der Waals surface area contributed by atoms with E-state index in [0.29, 0.717) is 19.3 Å². The SMILES string of the molecule is CCC(O)(CC)C(O)Cc1c(Br)c(C)nn1C. The standard InChI is InChI=1S/C12H21BrN2O2/c1-5-12(17,6-2)10(16)7-9-11(13)8(3)14-15(9)4/h10,16-17H,5-7H2,1-4H3. The van der Waals surface area contributed by atoms with E-state index in [1.54, 1.807) is 4.68 Å². The number of hydrogen-bond acceptors (Lipinski definition) is 3. The first-order valence-corrected chi connectivity index (χ1v) is 6.73. The van der Waals surface area contributed by atoms with Crippen molar-refractivity contribution < 1.29 is 10.2 Å². The molecule has 1 aromatic rings. The van der Waals surface area contributed by atoms with Crippen molar-refractivity contribution in [3.05, 3.63) is 15.9 Å². The maximum Gasteiger partial charge on any atom is 0.0904 e. The Morgan fingerprint density at radius 1 is 1.41 bits per heavy atom. The van der Waals surface area contributed by atoms with Gasteiger partial charge in [-0.1, -0.05) is 13.8 Å². The van der Waals surface area contributed by atoms with E-state index < -0.39 is 11.7 Å². The lowest BCUT2D eigenvalue weighted by molar-refractivity contribution is -0.0797. The van der Waals surface area contributed by atoms with Crippen LogP contribution in [0.5, 0.6) is 0 Å². The molecule has 0 saturated carbocycles. The van der Waals surface area contributed by atoms with Crippen LogP contribution in [0.3, 0.4) is 0 Å². The topological polar surface area (TPSA) is 58.3 Å². The van der Waals surface area contributed by atoms with Crippen LogP contribution in [0.25, 0.3) is 0 Å². The Balaban J connectivity index is 2.91. The molecule has 0 saturated heterocycles. The molecule has 5 heteroatoms. The van der Waals surface area contributed by atoms with Gasteiger partial charge in [0.2, 0.25) is 0 Å². The van der Waals surface area contributed by atoms with Gasteiger partial charge in [-0.05, 0) is 35.7 Å². The number of aliphatic hydroxyl groups is 2. The molecule has 0 aliphatic heterocycles. The lowest BCUT2D eigenvalue weighted by atomic mass is 9.88.